The topological polar surface area (TPSA) is 51.7 Å². The van der Waals surface area contributed by atoms with Crippen molar-refractivity contribution in [1.29, 1.82) is 0 Å². The van der Waals surface area contributed by atoms with Gasteiger partial charge in [0.05, 0.1) is 7.11 Å². The molecule has 0 aromatic carbocycles. The number of likely N-dealkylation sites (tertiary alicyclic amines) is 1. The Morgan fingerprint density at radius 1 is 1.32 bits per heavy atom. The van der Waals surface area contributed by atoms with E-state index < -0.39 is 23.6 Å². The van der Waals surface area contributed by atoms with E-state index in [4.69, 9.17) is 4.74 Å². The summed E-state index contributed by atoms with van der Waals surface area (Å²) in [6.45, 7) is 1.07. The highest BCUT2D eigenvalue weighted by Crippen LogP contribution is 2.24. The number of methoxy groups -OCH3 is 1. The molecule has 1 aliphatic heterocycles. The molecular formula is C12H14F2N2O3. The van der Waals surface area contributed by atoms with Crippen molar-refractivity contribution >= 4 is 6.09 Å². The van der Waals surface area contributed by atoms with Crippen LogP contribution in [0.4, 0.5) is 13.6 Å². The van der Waals surface area contributed by atoms with Crippen molar-refractivity contribution in [2.45, 2.75) is 19.3 Å². The predicted molar refractivity (Wildman–Crippen MR) is 62.2 cm³/mol. The molecule has 1 aliphatic rings. The van der Waals surface area contributed by atoms with Crippen LogP contribution in [0, 0.1) is 11.8 Å². The number of carbonyl (C=O) groups is 1. The molecule has 2 rings (SSSR count). The Morgan fingerprint density at radius 3 is 2.58 bits per heavy atom. The third kappa shape index (κ3) is 3.10. The highest BCUT2D eigenvalue weighted by atomic mass is 19.1. The Morgan fingerprint density at radius 2 is 2.00 bits per heavy atom. The molecule has 0 atom stereocenters. The maximum Gasteiger partial charge on any atom is 0.415 e. The average molecular weight is 272 g/mol. The molecule has 2 heterocycles. The van der Waals surface area contributed by atoms with E-state index in [2.05, 4.69) is 9.72 Å². The highest BCUT2D eigenvalue weighted by Gasteiger charge is 2.23. The van der Waals surface area contributed by atoms with Gasteiger partial charge in [0.1, 0.15) is 0 Å². The van der Waals surface area contributed by atoms with E-state index >= 15 is 0 Å². The van der Waals surface area contributed by atoms with Gasteiger partial charge in [-0.25, -0.2) is 9.18 Å². The van der Waals surface area contributed by atoms with Gasteiger partial charge in [0.15, 0.2) is 5.82 Å². The zero-order valence-corrected chi connectivity index (χ0v) is 10.5. The van der Waals surface area contributed by atoms with Crippen molar-refractivity contribution in [3.05, 3.63) is 17.8 Å². The number of pyridine rings is 1. The molecule has 5 nitrogen and oxygen atoms in total. The second-order valence-corrected chi connectivity index (χ2v) is 4.18. The van der Waals surface area contributed by atoms with Crippen molar-refractivity contribution in [3.8, 4) is 11.6 Å². The molecule has 0 N–H and O–H groups in total. The SMILES string of the molecule is COc1cc(F)c(OC(=O)N2CCCCC2)c(F)n1. The van der Waals surface area contributed by atoms with Crippen LogP contribution in [0.15, 0.2) is 6.07 Å². The molecule has 1 aromatic heterocycles. The van der Waals surface area contributed by atoms with E-state index in [0.717, 1.165) is 25.3 Å². The maximum atomic E-state index is 13.6. The van der Waals surface area contributed by atoms with Crippen LogP contribution in [0.25, 0.3) is 0 Å². The van der Waals surface area contributed by atoms with Crippen molar-refractivity contribution in [2.75, 3.05) is 20.2 Å². The van der Waals surface area contributed by atoms with E-state index in [0.29, 0.717) is 13.1 Å². The summed E-state index contributed by atoms with van der Waals surface area (Å²) in [6, 6.07) is 0.863. The molecule has 104 valence electrons. The number of ether oxygens (including phenoxy) is 2. The van der Waals surface area contributed by atoms with Gasteiger partial charge < -0.3 is 14.4 Å². The van der Waals surface area contributed by atoms with Crippen LogP contribution in [-0.4, -0.2) is 36.2 Å². The summed E-state index contributed by atoms with van der Waals surface area (Å²) >= 11 is 0. The standard InChI is InChI=1S/C12H14F2N2O3/c1-18-9-7-8(13)10(11(14)15-9)19-12(17)16-5-3-2-4-6-16/h7H,2-6H2,1H3. The van der Waals surface area contributed by atoms with Gasteiger partial charge in [0.25, 0.3) is 5.95 Å². The number of amides is 1. The van der Waals surface area contributed by atoms with Crippen molar-refractivity contribution in [3.63, 3.8) is 0 Å². The average Bonchev–Trinajstić information content (AvgIpc) is 2.43. The number of nitrogens with zero attached hydrogens (tertiary/aromatic N) is 2. The predicted octanol–water partition coefficient (Wildman–Crippen LogP) is 2.35. The van der Waals surface area contributed by atoms with Crippen molar-refractivity contribution < 1.29 is 23.0 Å². The molecule has 1 saturated heterocycles. The fraction of sp³-hybridized carbons (Fsp3) is 0.500. The van der Waals surface area contributed by atoms with E-state index in [1.807, 2.05) is 0 Å². The molecule has 7 heteroatoms. The smallest absolute Gasteiger partial charge is 0.415 e. The van der Waals surface area contributed by atoms with Crippen molar-refractivity contribution in [2.24, 2.45) is 0 Å². The molecule has 0 saturated carbocycles. The number of aromatic nitrogens is 1. The Bertz CT molecular complexity index is 453. The zero-order valence-electron chi connectivity index (χ0n) is 10.5. The number of piperidine rings is 1. The van der Waals surface area contributed by atoms with Crippen LogP contribution >= 0.6 is 0 Å². The van der Waals surface area contributed by atoms with Gasteiger partial charge >= 0.3 is 6.09 Å². The lowest BCUT2D eigenvalue weighted by molar-refractivity contribution is 0.138. The number of halogens is 2. The monoisotopic (exact) mass is 272 g/mol. The maximum absolute atomic E-state index is 13.6. The first kappa shape index (κ1) is 13.5. The lowest BCUT2D eigenvalue weighted by Crippen LogP contribution is -2.37. The minimum Gasteiger partial charge on any atom is -0.481 e. The second-order valence-electron chi connectivity index (χ2n) is 4.18. The molecule has 0 radical (unpaired) electrons. The molecule has 19 heavy (non-hydrogen) atoms. The minimum absolute atomic E-state index is 0.215. The minimum atomic E-state index is -1.21. The fourth-order valence-electron chi connectivity index (χ4n) is 1.88. The Kier molecular flexibility index (Phi) is 4.13. The Labute approximate surface area is 109 Å². The van der Waals surface area contributed by atoms with E-state index in [1.54, 1.807) is 0 Å². The van der Waals surface area contributed by atoms with Crippen LogP contribution in [0.5, 0.6) is 11.6 Å². The summed E-state index contributed by atoms with van der Waals surface area (Å²) < 4.78 is 36.4. The first-order valence-corrected chi connectivity index (χ1v) is 5.98. The number of carbonyl (C=O) groups excluding carboxylic acids is 1. The lowest BCUT2D eigenvalue weighted by Gasteiger charge is -2.25. The zero-order chi connectivity index (χ0) is 13.8. The Balaban J connectivity index is 2.12. The van der Waals surface area contributed by atoms with Crippen LogP contribution in [0.1, 0.15) is 19.3 Å². The highest BCUT2D eigenvalue weighted by molar-refractivity contribution is 5.70. The van der Waals surface area contributed by atoms with Gasteiger partial charge in [-0.15, -0.1) is 0 Å². The summed E-state index contributed by atoms with van der Waals surface area (Å²) in [6.07, 6.45) is 2.00. The molecule has 0 bridgehead atoms. The van der Waals surface area contributed by atoms with Crippen LogP contribution in [0.2, 0.25) is 0 Å². The Hall–Kier alpha value is -1.92. The molecule has 1 aromatic rings. The molecule has 0 aliphatic carbocycles. The van der Waals surface area contributed by atoms with Gasteiger partial charge in [0, 0.05) is 19.2 Å². The molecule has 1 amide bonds. The van der Waals surface area contributed by atoms with E-state index in [-0.39, 0.29) is 5.88 Å². The normalized spacial score (nSPS) is 15.2. The number of hydrogen-bond acceptors (Lipinski definition) is 4. The van der Waals surface area contributed by atoms with Gasteiger partial charge in [0.2, 0.25) is 11.6 Å². The number of hydrogen-bond donors (Lipinski definition) is 0. The lowest BCUT2D eigenvalue weighted by atomic mass is 10.1. The van der Waals surface area contributed by atoms with Crippen LogP contribution in [-0.2, 0) is 0 Å². The number of rotatable bonds is 2. The van der Waals surface area contributed by atoms with Gasteiger partial charge in [-0.3, -0.25) is 0 Å². The summed E-state index contributed by atoms with van der Waals surface area (Å²) in [5, 5.41) is 0. The third-order valence-electron chi connectivity index (χ3n) is 2.88. The largest absolute Gasteiger partial charge is 0.481 e. The second kappa shape index (κ2) is 5.81. The quantitative estimate of drug-likeness (QED) is 0.775. The van der Waals surface area contributed by atoms with E-state index in [1.165, 1.54) is 12.0 Å². The summed E-state index contributed by atoms with van der Waals surface area (Å²) in [5.74, 6) is -3.24. The molecule has 0 spiro atoms. The summed E-state index contributed by atoms with van der Waals surface area (Å²) in [4.78, 5) is 16.5. The van der Waals surface area contributed by atoms with Crippen LogP contribution in [0.3, 0.4) is 0 Å². The van der Waals surface area contributed by atoms with Crippen molar-refractivity contribution in [1.82, 2.24) is 9.88 Å². The summed E-state index contributed by atoms with van der Waals surface area (Å²) in [7, 11) is 1.24. The van der Waals surface area contributed by atoms with Gasteiger partial charge in [-0.05, 0) is 19.3 Å². The third-order valence-corrected chi connectivity index (χ3v) is 2.88. The molecule has 0 unspecified atom stereocenters. The first-order valence-electron chi connectivity index (χ1n) is 5.98. The first-order chi connectivity index (χ1) is 9.11. The fourth-order valence-corrected chi connectivity index (χ4v) is 1.88. The molecule has 1 fully saturated rings. The van der Waals surface area contributed by atoms with Gasteiger partial charge in [-0.1, -0.05) is 0 Å². The van der Waals surface area contributed by atoms with E-state index in [9.17, 15) is 13.6 Å². The molecular weight excluding hydrogens is 258 g/mol. The van der Waals surface area contributed by atoms with Crippen LogP contribution < -0.4 is 9.47 Å². The summed E-state index contributed by atoms with van der Waals surface area (Å²) in [5.41, 5.74) is 0. The van der Waals surface area contributed by atoms with Gasteiger partial charge in [-0.2, -0.15) is 9.37 Å².